The molecule has 1 aromatic rings. The van der Waals surface area contributed by atoms with Crippen LogP contribution in [0, 0.1) is 18.3 Å². The number of halogens is 1. The van der Waals surface area contributed by atoms with Gasteiger partial charge in [0.15, 0.2) is 0 Å². The van der Waals surface area contributed by atoms with Crippen LogP contribution in [0.3, 0.4) is 0 Å². The molecule has 1 atom stereocenters. The van der Waals surface area contributed by atoms with Crippen molar-refractivity contribution in [1.82, 2.24) is 9.88 Å². The lowest BCUT2D eigenvalue weighted by atomic mass is 9.76. The number of aryl methyl sites for hydroxylation is 1. The van der Waals surface area contributed by atoms with Crippen LogP contribution in [0.1, 0.15) is 44.9 Å². The minimum absolute atomic E-state index is 0.418. The quantitative estimate of drug-likeness (QED) is 0.801. The van der Waals surface area contributed by atoms with E-state index in [-0.39, 0.29) is 0 Å². The van der Waals surface area contributed by atoms with E-state index in [1.807, 2.05) is 6.20 Å². The van der Waals surface area contributed by atoms with E-state index in [9.17, 15) is 0 Å². The van der Waals surface area contributed by atoms with Crippen molar-refractivity contribution < 1.29 is 0 Å². The Hall–Kier alpha value is -0.410. The molecular formula is C16H25BrN2. The summed E-state index contributed by atoms with van der Waals surface area (Å²) in [6.07, 6.45) is 4.60. The van der Waals surface area contributed by atoms with Crippen LogP contribution >= 0.6 is 15.9 Å². The molecule has 1 unspecified atom stereocenters. The Labute approximate surface area is 125 Å². The summed E-state index contributed by atoms with van der Waals surface area (Å²) in [5.41, 5.74) is 2.92. The molecule has 0 amide bonds. The average Bonchev–Trinajstić information content (AvgIpc) is 2.32. The first kappa shape index (κ1) is 15.0. The molecule has 106 valence electrons. The van der Waals surface area contributed by atoms with Crippen molar-refractivity contribution in [2.24, 2.45) is 11.3 Å². The van der Waals surface area contributed by atoms with E-state index in [2.05, 4.69) is 59.6 Å². The Morgan fingerprint density at radius 1 is 1.42 bits per heavy atom. The predicted octanol–water partition coefficient (Wildman–Crippen LogP) is 4.41. The highest BCUT2D eigenvalue weighted by atomic mass is 79.9. The van der Waals surface area contributed by atoms with Gasteiger partial charge in [-0.25, -0.2) is 0 Å². The molecule has 0 bridgehead atoms. The van der Waals surface area contributed by atoms with E-state index in [0.29, 0.717) is 5.41 Å². The number of hydrogen-bond acceptors (Lipinski definition) is 2. The van der Waals surface area contributed by atoms with E-state index >= 15 is 0 Å². The molecule has 0 spiro atoms. The molecule has 0 radical (unpaired) electrons. The van der Waals surface area contributed by atoms with Gasteiger partial charge in [-0.2, -0.15) is 0 Å². The second-order valence-corrected chi connectivity index (χ2v) is 7.77. The zero-order chi connectivity index (χ0) is 14.0. The van der Waals surface area contributed by atoms with Crippen molar-refractivity contribution in [3.05, 3.63) is 28.0 Å². The van der Waals surface area contributed by atoms with E-state index in [4.69, 9.17) is 0 Å². The molecule has 1 aliphatic rings. The number of nitrogens with zero attached hydrogens (tertiary/aromatic N) is 2. The lowest BCUT2D eigenvalue weighted by Gasteiger charge is -2.39. The Balaban J connectivity index is 2.03. The van der Waals surface area contributed by atoms with Gasteiger partial charge < -0.3 is 0 Å². The van der Waals surface area contributed by atoms with Crippen molar-refractivity contribution in [2.45, 2.75) is 47.1 Å². The van der Waals surface area contributed by atoms with Crippen molar-refractivity contribution in [2.75, 3.05) is 13.1 Å². The van der Waals surface area contributed by atoms with Crippen LogP contribution < -0.4 is 0 Å². The highest BCUT2D eigenvalue weighted by molar-refractivity contribution is 9.10. The molecule has 3 heteroatoms. The van der Waals surface area contributed by atoms with Gasteiger partial charge in [0.05, 0.1) is 5.69 Å². The Bertz CT molecular complexity index is 437. The summed E-state index contributed by atoms with van der Waals surface area (Å²) in [5, 5.41) is 0. The number of piperidine rings is 1. The standard InChI is InChI=1S/C16H25BrN2/c1-12-8-14(17)9-18-15(12)11-19-7-5-6-13(10-19)16(2,3)4/h8-9,13H,5-7,10-11H2,1-4H3. The first-order chi connectivity index (χ1) is 8.86. The smallest absolute Gasteiger partial charge is 0.0573 e. The second-order valence-electron chi connectivity index (χ2n) is 6.86. The van der Waals surface area contributed by atoms with Crippen molar-refractivity contribution in [1.29, 1.82) is 0 Å². The van der Waals surface area contributed by atoms with E-state index in [1.54, 1.807) is 0 Å². The predicted molar refractivity (Wildman–Crippen MR) is 84.1 cm³/mol. The zero-order valence-corrected chi connectivity index (χ0v) is 14.1. The fourth-order valence-electron chi connectivity index (χ4n) is 2.85. The minimum atomic E-state index is 0.418. The molecule has 0 aromatic carbocycles. The van der Waals surface area contributed by atoms with Crippen LogP contribution in [0.15, 0.2) is 16.7 Å². The fourth-order valence-corrected chi connectivity index (χ4v) is 3.30. The molecule has 1 fully saturated rings. The SMILES string of the molecule is Cc1cc(Br)cnc1CN1CCCC(C(C)(C)C)C1. The van der Waals surface area contributed by atoms with Crippen LogP contribution in [0.4, 0.5) is 0 Å². The summed E-state index contributed by atoms with van der Waals surface area (Å²) in [6.45, 7) is 12.7. The Morgan fingerprint density at radius 3 is 2.79 bits per heavy atom. The zero-order valence-electron chi connectivity index (χ0n) is 12.5. The van der Waals surface area contributed by atoms with Gasteiger partial charge in [-0.1, -0.05) is 20.8 Å². The van der Waals surface area contributed by atoms with Gasteiger partial charge >= 0.3 is 0 Å². The second kappa shape index (κ2) is 5.92. The summed E-state index contributed by atoms with van der Waals surface area (Å²) < 4.78 is 1.07. The molecule has 1 aliphatic heterocycles. The number of rotatable bonds is 2. The van der Waals surface area contributed by atoms with Crippen LogP contribution in [-0.4, -0.2) is 23.0 Å². The summed E-state index contributed by atoms with van der Waals surface area (Å²) in [7, 11) is 0. The van der Waals surface area contributed by atoms with E-state index in [1.165, 1.54) is 37.2 Å². The van der Waals surface area contributed by atoms with Crippen LogP contribution in [0.2, 0.25) is 0 Å². The summed E-state index contributed by atoms with van der Waals surface area (Å²) >= 11 is 3.48. The summed E-state index contributed by atoms with van der Waals surface area (Å²) in [6, 6.07) is 2.16. The molecule has 19 heavy (non-hydrogen) atoms. The molecule has 1 aromatic heterocycles. The first-order valence-electron chi connectivity index (χ1n) is 7.19. The highest BCUT2D eigenvalue weighted by Crippen LogP contribution is 2.33. The number of likely N-dealkylation sites (tertiary alicyclic amines) is 1. The third-order valence-corrected chi connectivity index (χ3v) is 4.69. The van der Waals surface area contributed by atoms with Gasteiger partial charge in [0, 0.05) is 23.8 Å². The maximum atomic E-state index is 4.57. The molecule has 2 heterocycles. The Morgan fingerprint density at radius 2 is 2.16 bits per heavy atom. The average molecular weight is 325 g/mol. The topological polar surface area (TPSA) is 16.1 Å². The van der Waals surface area contributed by atoms with Gasteiger partial charge in [-0.05, 0) is 65.2 Å². The maximum Gasteiger partial charge on any atom is 0.0573 e. The molecular weight excluding hydrogens is 300 g/mol. The van der Waals surface area contributed by atoms with Crippen LogP contribution in [-0.2, 0) is 6.54 Å². The third kappa shape index (κ3) is 4.03. The molecule has 0 aliphatic carbocycles. The summed E-state index contributed by atoms with van der Waals surface area (Å²) in [5.74, 6) is 0.803. The van der Waals surface area contributed by atoms with Gasteiger partial charge in [0.25, 0.3) is 0 Å². The molecule has 2 rings (SSSR count). The number of aromatic nitrogens is 1. The van der Waals surface area contributed by atoms with E-state index in [0.717, 1.165) is 16.9 Å². The molecule has 0 N–H and O–H groups in total. The normalized spacial score (nSPS) is 21.6. The van der Waals surface area contributed by atoms with Crippen molar-refractivity contribution in [3.8, 4) is 0 Å². The largest absolute Gasteiger partial charge is 0.297 e. The minimum Gasteiger partial charge on any atom is -0.297 e. The van der Waals surface area contributed by atoms with Gasteiger partial charge in [-0.3, -0.25) is 9.88 Å². The van der Waals surface area contributed by atoms with Gasteiger partial charge in [0.2, 0.25) is 0 Å². The summed E-state index contributed by atoms with van der Waals surface area (Å²) in [4.78, 5) is 7.14. The van der Waals surface area contributed by atoms with E-state index < -0.39 is 0 Å². The molecule has 0 saturated carbocycles. The number of hydrogen-bond donors (Lipinski definition) is 0. The lowest BCUT2D eigenvalue weighted by molar-refractivity contribution is 0.0933. The maximum absolute atomic E-state index is 4.57. The lowest BCUT2D eigenvalue weighted by Crippen LogP contribution is -2.40. The first-order valence-corrected chi connectivity index (χ1v) is 7.99. The molecule has 1 saturated heterocycles. The monoisotopic (exact) mass is 324 g/mol. The molecule has 2 nitrogen and oxygen atoms in total. The van der Waals surface area contributed by atoms with Crippen LogP contribution in [0.25, 0.3) is 0 Å². The van der Waals surface area contributed by atoms with Gasteiger partial charge in [-0.15, -0.1) is 0 Å². The highest BCUT2D eigenvalue weighted by Gasteiger charge is 2.29. The van der Waals surface area contributed by atoms with Gasteiger partial charge in [0.1, 0.15) is 0 Å². The fraction of sp³-hybridized carbons (Fsp3) is 0.688. The third-order valence-electron chi connectivity index (χ3n) is 4.26. The Kier molecular flexibility index (Phi) is 4.67. The van der Waals surface area contributed by atoms with Crippen molar-refractivity contribution in [3.63, 3.8) is 0 Å². The van der Waals surface area contributed by atoms with Crippen molar-refractivity contribution >= 4 is 15.9 Å². The van der Waals surface area contributed by atoms with Crippen LogP contribution in [0.5, 0.6) is 0 Å². The number of pyridine rings is 1.